The van der Waals surface area contributed by atoms with Crippen molar-refractivity contribution in [2.24, 2.45) is 28.3 Å². The van der Waals surface area contributed by atoms with Gasteiger partial charge in [-0.1, -0.05) is 39.8 Å². The predicted octanol–water partition coefficient (Wildman–Crippen LogP) is 0.344. The molecule has 200 valence electrons. The number of hydrogen-bond donors (Lipinski definition) is 6. The van der Waals surface area contributed by atoms with E-state index in [9.17, 15) is 24.3 Å². The lowest BCUT2D eigenvalue weighted by Gasteiger charge is -2.26. The molecule has 3 amide bonds. The number of guanidine groups is 1. The zero-order valence-corrected chi connectivity index (χ0v) is 21.5. The van der Waals surface area contributed by atoms with Crippen molar-refractivity contribution in [1.29, 1.82) is 0 Å². The van der Waals surface area contributed by atoms with Gasteiger partial charge >= 0.3 is 0 Å². The van der Waals surface area contributed by atoms with Gasteiger partial charge in [0.2, 0.25) is 17.7 Å². The summed E-state index contributed by atoms with van der Waals surface area (Å²) in [5, 5.41) is 17.7. The first-order chi connectivity index (χ1) is 16.9. The molecule has 1 aromatic rings. The van der Waals surface area contributed by atoms with Crippen LogP contribution >= 0.6 is 0 Å². The molecular weight excluding hydrogens is 464 g/mol. The van der Waals surface area contributed by atoms with Crippen molar-refractivity contribution < 1.29 is 24.3 Å². The van der Waals surface area contributed by atoms with E-state index in [1.807, 2.05) is 13.8 Å². The molecule has 0 radical (unpaired) electrons. The van der Waals surface area contributed by atoms with Crippen molar-refractivity contribution in [3.8, 4) is 5.75 Å². The number of phenolic OH excluding ortho intramolecular Hbond substituents is 1. The van der Waals surface area contributed by atoms with Gasteiger partial charge in [-0.3, -0.25) is 19.4 Å². The molecule has 1 aromatic carbocycles. The number of hydrogen-bond acceptors (Lipinski definition) is 6. The predicted molar refractivity (Wildman–Crippen MR) is 138 cm³/mol. The summed E-state index contributed by atoms with van der Waals surface area (Å²) in [5.41, 5.74) is 11.3. The Balaban J connectivity index is 2.94. The summed E-state index contributed by atoms with van der Waals surface area (Å²) in [6.45, 7) is 7.65. The Morgan fingerprint density at radius 3 is 2.17 bits per heavy atom. The lowest BCUT2D eigenvalue weighted by atomic mass is 10.00. The van der Waals surface area contributed by atoms with Crippen molar-refractivity contribution in [2.75, 3.05) is 6.54 Å². The van der Waals surface area contributed by atoms with E-state index in [2.05, 4.69) is 20.9 Å². The molecule has 1 unspecified atom stereocenters. The maximum absolute atomic E-state index is 13.2. The van der Waals surface area contributed by atoms with Crippen LogP contribution in [0, 0.1) is 11.8 Å². The Kier molecular flexibility index (Phi) is 13.0. The molecule has 0 bridgehead atoms. The molecule has 0 aromatic heterocycles. The van der Waals surface area contributed by atoms with Crippen LogP contribution < -0.4 is 27.4 Å². The van der Waals surface area contributed by atoms with Gasteiger partial charge in [0, 0.05) is 19.4 Å². The van der Waals surface area contributed by atoms with Crippen LogP contribution in [0.15, 0.2) is 29.3 Å². The normalized spacial score (nSPS) is 13.4. The highest BCUT2D eigenvalue weighted by Gasteiger charge is 2.30. The SMILES string of the molecule is CC(C)CC(=O)NC(Cc1ccc(O)cc1)C(=O)N[C@H](C(=O)N[C@H](C=O)CCCN=C(N)N)C(C)C. The van der Waals surface area contributed by atoms with Crippen LogP contribution in [-0.4, -0.2) is 59.7 Å². The van der Waals surface area contributed by atoms with E-state index < -0.39 is 29.9 Å². The molecule has 3 atom stereocenters. The monoisotopic (exact) mass is 504 g/mol. The highest BCUT2D eigenvalue weighted by molar-refractivity contribution is 5.93. The van der Waals surface area contributed by atoms with Gasteiger partial charge < -0.3 is 37.3 Å². The molecule has 11 nitrogen and oxygen atoms in total. The molecule has 11 heteroatoms. The van der Waals surface area contributed by atoms with E-state index in [0.29, 0.717) is 25.7 Å². The average Bonchev–Trinajstić information content (AvgIpc) is 2.79. The fourth-order valence-electron chi connectivity index (χ4n) is 3.46. The summed E-state index contributed by atoms with van der Waals surface area (Å²) in [7, 11) is 0. The average molecular weight is 505 g/mol. The Morgan fingerprint density at radius 2 is 1.64 bits per heavy atom. The first-order valence-electron chi connectivity index (χ1n) is 12.1. The van der Waals surface area contributed by atoms with E-state index in [4.69, 9.17) is 11.5 Å². The van der Waals surface area contributed by atoms with E-state index in [-0.39, 0.29) is 42.3 Å². The van der Waals surface area contributed by atoms with Gasteiger partial charge in [-0.2, -0.15) is 0 Å². The fourth-order valence-corrected chi connectivity index (χ4v) is 3.46. The summed E-state index contributed by atoms with van der Waals surface area (Å²) in [5.74, 6) is -1.46. The number of aliphatic imine (C=N–C) groups is 1. The molecule has 0 fully saturated rings. The van der Waals surface area contributed by atoms with Crippen LogP contribution in [0.5, 0.6) is 5.75 Å². The minimum absolute atomic E-state index is 0.0494. The second-order valence-electron chi connectivity index (χ2n) is 9.52. The summed E-state index contributed by atoms with van der Waals surface area (Å²) >= 11 is 0. The number of aldehydes is 1. The number of nitrogens with two attached hydrogens (primary N) is 2. The molecule has 0 heterocycles. The number of aromatic hydroxyl groups is 1. The van der Waals surface area contributed by atoms with Crippen LogP contribution in [0.2, 0.25) is 0 Å². The highest BCUT2D eigenvalue weighted by Crippen LogP contribution is 2.13. The Labute approximate surface area is 212 Å². The fraction of sp³-hybridized carbons (Fsp3) is 0.560. The zero-order valence-electron chi connectivity index (χ0n) is 21.5. The van der Waals surface area contributed by atoms with E-state index >= 15 is 0 Å². The van der Waals surface area contributed by atoms with Crippen molar-refractivity contribution >= 4 is 30.0 Å². The van der Waals surface area contributed by atoms with Gasteiger partial charge in [0.1, 0.15) is 24.1 Å². The Bertz CT molecular complexity index is 897. The molecule has 0 spiro atoms. The largest absolute Gasteiger partial charge is 0.508 e. The van der Waals surface area contributed by atoms with Crippen LogP contribution in [0.1, 0.15) is 52.5 Å². The third-order valence-electron chi connectivity index (χ3n) is 5.33. The van der Waals surface area contributed by atoms with Crippen LogP contribution in [0.25, 0.3) is 0 Å². The minimum Gasteiger partial charge on any atom is -0.508 e. The number of nitrogens with zero attached hydrogens (tertiary/aromatic N) is 1. The van der Waals surface area contributed by atoms with Gasteiger partial charge in [0.25, 0.3) is 0 Å². The van der Waals surface area contributed by atoms with Gasteiger partial charge in [0.15, 0.2) is 5.96 Å². The Morgan fingerprint density at radius 1 is 1.00 bits per heavy atom. The number of carbonyl (C=O) groups is 4. The van der Waals surface area contributed by atoms with Crippen molar-refractivity contribution in [2.45, 2.75) is 71.5 Å². The summed E-state index contributed by atoms with van der Waals surface area (Å²) < 4.78 is 0. The molecule has 1 rings (SSSR count). The number of nitrogens with one attached hydrogen (secondary N) is 3. The Hall–Kier alpha value is -3.63. The van der Waals surface area contributed by atoms with Crippen LogP contribution in [-0.2, 0) is 25.6 Å². The summed E-state index contributed by atoms with van der Waals surface area (Å²) in [6, 6.07) is 3.69. The molecular formula is C25H40N6O5. The standard InChI is InChI=1S/C25H40N6O5/c1-15(2)12-21(34)30-20(13-17-7-9-19(33)10-8-17)23(35)31-22(16(3)4)24(36)29-18(14-32)6-5-11-28-25(26)27/h7-10,14-16,18,20,22,33H,5-6,11-13H2,1-4H3,(H,29,36)(H,30,34)(H,31,35)(H4,26,27,28)/t18-,20?,22-/m0/s1. The van der Waals surface area contributed by atoms with Crippen molar-refractivity contribution in [3.05, 3.63) is 29.8 Å². The number of carbonyl (C=O) groups excluding carboxylic acids is 4. The van der Waals surface area contributed by atoms with E-state index in [0.717, 1.165) is 5.56 Å². The number of phenols is 1. The third kappa shape index (κ3) is 11.7. The second kappa shape index (κ2) is 15.4. The van der Waals surface area contributed by atoms with Gasteiger partial charge in [-0.15, -0.1) is 0 Å². The lowest BCUT2D eigenvalue weighted by molar-refractivity contribution is -0.133. The zero-order chi connectivity index (χ0) is 27.3. The summed E-state index contributed by atoms with van der Waals surface area (Å²) in [6.07, 6.45) is 1.86. The lowest BCUT2D eigenvalue weighted by Crippen LogP contribution is -2.57. The molecule has 36 heavy (non-hydrogen) atoms. The van der Waals surface area contributed by atoms with E-state index in [1.54, 1.807) is 26.0 Å². The van der Waals surface area contributed by atoms with Gasteiger partial charge in [-0.05, 0) is 42.4 Å². The highest BCUT2D eigenvalue weighted by atomic mass is 16.3. The molecule has 0 aliphatic heterocycles. The van der Waals surface area contributed by atoms with Crippen LogP contribution in [0.3, 0.4) is 0 Å². The smallest absolute Gasteiger partial charge is 0.243 e. The molecule has 0 aliphatic carbocycles. The quantitative estimate of drug-likeness (QED) is 0.0859. The molecule has 8 N–H and O–H groups in total. The minimum atomic E-state index is -0.934. The third-order valence-corrected chi connectivity index (χ3v) is 5.33. The molecule has 0 saturated carbocycles. The van der Waals surface area contributed by atoms with E-state index in [1.165, 1.54) is 12.1 Å². The first-order valence-corrected chi connectivity index (χ1v) is 12.1. The maximum atomic E-state index is 13.2. The van der Waals surface area contributed by atoms with Gasteiger partial charge in [-0.25, -0.2) is 0 Å². The molecule has 0 aliphatic rings. The maximum Gasteiger partial charge on any atom is 0.243 e. The number of amides is 3. The van der Waals surface area contributed by atoms with Crippen molar-refractivity contribution in [3.63, 3.8) is 0 Å². The topological polar surface area (TPSA) is 189 Å². The number of rotatable bonds is 15. The molecule has 0 saturated heterocycles. The summed E-state index contributed by atoms with van der Waals surface area (Å²) in [4.78, 5) is 53.9. The van der Waals surface area contributed by atoms with Crippen LogP contribution in [0.4, 0.5) is 0 Å². The second-order valence-corrected chi connectivity index (χ2v) is 9.52. The van der Waals surface area contributed by atoms with Crippen molar-refractivity contribution in [1.82, 2.24) is 16.0 Å². The number of benzene rings is 1. The van der Waals surface area contributed by atoms with Gasteiger partial charge in [0.05, 0.1) is 6.04 Å². The first kappa shape index (κ1) is 30.4.